The fraction of sp³-hybridized carbons (Fsp3) is 0.0714. The molecule has 0 saturated carbocycles. The molecule has 4 N–H and O–H groups in total. The first-order valence-electron chi connectivity index (χ1n) is 6.18. The second-order valence-electron chi connectivity index (χ2n) is 4.39. The zero-order valence-electron chi connectivity index (χ0n) is 11.4. The molecule has 0 unspecified atom stereocenters. The Hall–Kier alpha value is -2.02. The Morgan fingerprint density at radius 3 is 2.26 bits per heavy atom. The maximum atomic E-state index is 12.2. The van der Waals surface area contributed by atoms with Gasteiger partial charge in [-0.3, -0.25) is 4.79 Å². The largest absolute Gasteiger partial charge is 0.443 e. The van der Waals surface area contributed by atoms with E-state index in [0.29, 0.717) is 5.56 Å². The number of esters is 1. The molecule has 1 aromatic carbocycles. The number of hydrogen-bond acceptors (Lipinski definition) is 5. The molecule has 0 aliphatic rings. The number of anilines is 1. The zero-order chi connectivity index (χ0) is 17.1. The summed E-state index contributed by atoms with van der Waals surface area (Å²) in [5, 5.41) is -0.515. The summed E-state index contributed by atoms with van der Waals surface area (Å²) in [7, 11) is 0. The number of carbonyl (C=O) groups is 2. The van der Waals surface area contributed by atoms with Gasteiger partial charge in [0.25, 0.3) is 5.91 Å². The highest BCUT2D eigenvalue weighted by Gasteiger charge is 2.27. The van der Waals surface area contributed by atoms with Gasteiger partial charge in [-0.2, -0.15) is 0 Å². The average molecular weight is 375 g/mol. The van der Waals surface area contributed by atoms with E-state index in [0.717, 1.165) is 0 Å². The summed E-state index contributed by atoms with van der Waals surface area (Å²) in [5.41, 5.74) is 10.8. The van der Waals surface area contributed by atoms with Crippen LogP contribution in [0.1, 0.15) is 22.2 Å². The summed E-state index contributed by atoms with van der Waals surface area (Å²) >= 11 is 17.5. The van der Waals surface area contributed by atoms with Gasteiger partial charge >= 0.3 is 5.97 Å². The summed E-state index contributed by atoms with van der Waals surface area (Å²) in [6.07, 6.45) is -1.31. The molecule has 0 fully saturated rings. The highest BCUT2D eigenvalue weighted by Crippen LogP contribution is 2.35. The van der Waals surface area contributed by atoms with E-state index in [1.54, 1.807) is 30.3 Å². The van der Waals surface area contributed by atoms with Crippen molar-refractivity contribution < 1.29 is 14.3 Å². The monoisotopic (exact) mass is 373 g/mol. The van der Waals surface area contributed by atoms with Crippen molar-refractivity contribution in [1.29, 1.82) is 0 Å². The second-order valence-corrected chi connectivity index (χ2v) is 5.51. The number of pyridine rings is 1. The van der Waals surface area contributed by atoms with Crippen LogP contribution in [-0.2, 0) is 9.53 Å². The smallest absolute Gasteiger partial charge is 0.359 e. The van der Waals surface area contributed by atoms with Gasteiger partial charge in [0.1, 0.15) is 5.02 Å². The van der Waals surface area contributed by atoms with Gasteiger partial charge in [0.2, 0.25) is 6.10 Å². The predicted molar refractivity (Wildman–Crippen MR) is 87.5 cm³/mol. The van der Waals surface area contributed by atoms with Gasteiger partial charge in [-0.15, -0.1) is 0 Å². The number of halogens is 3. The van der Waals surface area contributed by atoms with Gasteiger partial charge in [-0.1, -0.05) is 65.1 Å². The molecule has 0 bridgehead atoms. The highest BCUT2D eigenvalue weighted by atomic mass is 35.5. The normalized spacial score (nSPS) is 11.8. The van der Waals surface area contributed by atoms with Gasteiger partial charge in [0, 0.05) is 5.56 Å². The zero-order valence-corrected chi connectivity index (χ0v) is 13.7. The number of carbonyl (C=O) groups excluding carboxylic acids is 2. The van der Waals surface area contributed by atoms with Gasteiger partial charge in [0.05, 0.1) is 10.7 Å². The van der Waals surface area contributed by atoms with E-state index < -0.39 is 18.0 Å². The molecule has 6 nitrogen and oxygen atoms in total. The van der Waals surface area contributed by atoms with Crippen molar-refractivity contribution in [2.45, 2.75) is 6.10 Å². The van der Waals surface area contributed by atoms with Crippen molar-refractivity contribution in [3.05, 3.63) is 56.8 Å². The van der Waals surface area contributed by atoms with E-state index in [-0.39, 0.29) is 26.6 Å². The van der Waals surface area contributed by atoms with Gasteiger partial charge < -0.3 is 16.2 Å². The van der Waals surface area contributed by atoms with Crippen LogP contribution in [0.3, 0.4) is 0 Å². The Kier molecular flexibility index (Phi) is 5.30. The molecular weight excluding hydrogens is 365 g/mol. The van der Waals surface area contributed by atoms with Crippen LogP contribution >= 0.6 is 34.8 Å². The molecule has 120 valence electrons. The standard InChI is InChI=1S/C14H10Cl3N3O3/c15-7-9(18)8(16)12(17)20-10(7)14(22)23-11(13(19)21)6-4-2-1-3-5-6/h1-5,11H,(H2,18,20)(H2,19,21)/t11-/m1/s1. The van der Waals surface area contributed by atoms with E-state index in [4.69, 9.17) is 51.0 Å². The number of nitrogens with two attached hydrogens (primary N) is 2. The Morgan fingerprint density at radius 2 is 1.70 bits per heavy atom. The first-order valence-corrected chi connectivity index (χ1v) is 7.31. The van der Waals surface area contributed by atoms with E-state index in [1.807, 2.05) is 0 Å². The van der Waals surface area contributed by atoms with Crippen LogP contribution in [0.4, 0.5) is 5.69 Å². The number of nitrogen functional groups attached to an aromatic ring is 1. The molecule has 1 atom stereocenters. The fourth-order valence-electron chi connectivity index (χ4n) is 1.75. The Balaban J connectivity index is 2.36. The van der Waals surface area contributed by atoms with Crippen LogP contribution in [0.15, 0.2) is 30.3 Å². The molecule has 0 radical (unpaired) electrons. The van der Waals surface area contributed by atoms with Crippen LogP contribution in [0.25, 0.3) is 0 Å². The SMILES string of the molecule is NC(=O)[C@H](OC(=O)c1nc(Cl)c(Cl)c(N)c1Cl)c1ccccc1. The third-order valence-electron chi connectivity index (χ3n) is 2.85. The maximum Gasteiger partial charge on any atom is 0.359 e. The molecule has 2 rings (SSSR count). The Bertz CT molecular complexity index is 769. The van der Waals surface area contributed by atoms with Crippen LogP contribution in [0.5, 0.6) is 0 Å². The lowest BCUT2D eigenvalue weighted by Crippen LogP contribution is -2.26. The lowest BCUT2D eigenvalue weighted by atomic mass is 10.1. The molecule has 1 amide bonds. The highest BCUT2D eigenvalue weighted by molar-refractivity contribution is 6.46. The molecule has 2 aromatic rings. The lowest BCUT2D eigenvalue weighted by Gasteiger charge is -2.16. The van der Waals surface area contributed by atoms with Crippen molar-refractivity contribution in [2.75, 3.05) is 5.73 Å². The van der Waals surface area contributed by atoms with Crippen molar-refractivity contribution in [2.24, 2.45) is 5.73 Å². The number of aromatic nitrogens is 1. The van der Waals surface area contributed by atoms with Crippen molar-refractivity contribution in [3.8, 4) is 0 Å². The van der Waals surface area contributed by atoms with Crippen LogP contribution in [0, 0.1) is 0 Å². The van der Waals surface area contributed by atoms with Crippen molar-refractivity contribution >= 4 is 52.4 Å². The molecule has 1 aromatic heterocycles. The Morgan fingerprint density at radius 1 is 1.09 bits per heavy atom. The average Bonchev–Trinajstić information content (AvgIpc) is 2.54. The van der Waals surface area contributed by atoms with E-state index in [9.17, 15) is 9.59 Å². The summed E-state index contributed by atoms with van der Waals surface area (Å²) in [6.45, 7) is 0. The number of ether oxygens (including phenoxy) is 1. The van der Waals surface area contributed by atoms with E-state index >= 15 is 0 Å². The van der Waals surface area contributed by atoms with Gasteiger partial charge in [-0.05, 0) is 0 Å². The number of hydrogen-bond donors (Lipinski definition) is 2. The fourth-order valence-corrected chi connectivity index (χ4v) is 2.33. The molecule has 9 heteroatoms. The molecule has 0 aliphatic heterocycles. The minimum Gasteiger partial charge on any atom is -0.443 e. The molecule has 0 saturated heterocycles. The van der Waals surface area contributed by atoms with Crippen molar-refractivity contribution in [1.82, 2.24) is 4.98 Å². The quantitative estimate of drug-likeness (QED) is 0.631. The minimum absolute atomic E-state index is 0.0808. The van der Waals surface area contributed by atoms with Crippen LogP contribution < -0.4 is 11.5 Å². The topological polar surface area (TPSA) is 108 Å². The number of nitrogens with zero attached hydrogens (tertiary/aromatic N) is 1. The first kappa shape index (κ1) is 17.3. The molecule has 0 aliphatic carbocycles. The summed E-state index contributed by atoms with van der Waals surface area (Å²) in [4.78, 5) is 27.5. The van der Waals surface area contributed by atoms with Gasteiger partial charge in [-0.25, -0.2) is 9.78 Å². The van der Waals surface area contributed by atoms with Crippen LogP contribution in [-0.4, -0.2) is 16.9 Å². The van der Waals surface area contributed by atoms with Crippen molar-refractivity contribution in [3.63, 3.8) is 0 Å². The number of primary amides is 1. The minimum atomic E-state index is -1.31. The third-order valence-corrected chi connectivity index (χ3v) is 3.99. The van der Waals surface area contributed by atoms with Crippen LogP contribution in [0.2, 0.25) is 15.2 Å². The first-order chi connectivity index (χ1) is 10.8. The number of rotatable bonds is 4. The molecule has 1 heterocycles. The summed E-state index contributed by atoms with van der Waals surface area (Å²) in [6, 6.07) is 8.24. The lowest BCUT2D eigenvalue weighted by molar-refractivity contribution is -0.127. The molecule has 0 spiro atoms. The third kappa shape index (κ3) is 3.67. The van der Waals surface area contributed by atoms with E-state index in [2.05, 4.69) is 4.98 Å². The molecule has 23 heavy (non-hydrogen) atoms. The Labute approximate surface area is 146 Å². The summed E-state index contributed by atoms with van der Waals surface area (Å²) in [5.74, 6) is -1.86. The van der Waals surface area contributed by atoms with Gasteiger partial charge in [0.15, 0.2) is 10.8 Å². The number of amides is 1. The second kappa shape index (κ2) is 7.04. The predicted octanol–water partition coefficient (Wildman–Crippen LogP) is 3.01. The number of benzene rings is 1. The maximum absolute atomic E-state index is 12.2. The summed E-state index contributed by atoms with van der Waals surface area (Å²) < 4.78 is 5.10. The molecular formula is C14H10Cl3N3O3. The van der Waals surface area contributed by atoms with E-state index in [1.165, 1.54) is 0 Å².